The highest BCUT2D eigenvalue weighted by atomic mass is 35.5. The molecule has 0 aliphatic heterocycles. The van der Waals surface area contributed by atoms with Crippen LogP contribution in [0.25, 0.3) is 5.82 Å². The van der Waals surface area contributed by atoms with Crippen molar-refractivity contribution < 1.29 is 0 Å². The van der Waals surface area contributed by atoms with Crippen LogP contribution < -0.4 is 0 Å². The molecule has 0 atom stereocenters. The van der Waals surface area contributed by atoms with Crippen molar-refractivity contribution in [2.24, 2.45) is 0 Å². The molecule has 2 heterocycles. The minimum absolute atomic E-state index is 0.504. The lowest BCUT2D eigenvalue weighted by Crippen LogP contribution is -2.01. The number of imidazole rings is 1. The van der Waals surface area contributed by atoms with E-state index in [1.165, 1.54) is 0 Å². The number of alkyl halides is 1. The second-order valence-electron chi connectivity index (χ2n) is 3.45. The summed E-state index contributed by atoms with van der Waals surface area (Å²) in [5.41, 5.74) is 2.04. The topological polar surface area (TPSA) is 30.7 Å². The summed E-state index contributed by atoms with van der Waals surface area (Å²) >= 11 is 5.82. The van der Waals surface area contributed by atoms with Gasteiger partial charge in [-0.05, 0) is 31.5 Å². The maximum absolute atomic E-state index is 5.82. The van der Waals surface area contributed by atoms with Crippen LogP contribution >= 0.6 is 11.6 Å². The third-order valence-electron chi connectivity index (χ3n) is 2.23. The van der Waals surface area contributed by atoms with E-state index < -0.39 is 0 Å². The van der Waals surface area contributed by atoms with E-state index in [0.29, 0.717) is 5.88 Å². The highest BCUT2D eigenvalue weighted by Gasteiger charge is 2.04. The number of nitrogens with zero attached hydrogens (tertiary/aromatic N) is 3. The van der Waals surface area contributed by atoms with Crippen molar-refractivity contribution in [2.75, 3.05) is 0 Å². The van der Waals surface area contributed by atoms with E-state index in [1.54, 1.807) is 6.20 Å². The molecule has 15 heavy (non-hydrogen) atoms. The summed E-state index contributed by atoms with van der Waals surface area (Å²) in [4.78, 5) is 8.62. The van der Waals surface area contributed by atoms with Crippen LogP contribution in [0.15, 0.2) is 24.5 Å². The fourth-order valence-corrected chi connectivity index (χ4v) is 1.70. The molecule has 0 N–H and O–H groups in total. The Labute approximate surface area is 93.7 Å². The third-order valence-corrected chi connectivity index (χ3v) is 2.54. The molecule has 2 aromatic heterocycles. The highest BCUT2D eigenvalue weighted by molar-refractivity contribution is 6.17. The molecule has 0 aliphatic carbocycles. The zero-order valence-corrected chi connectivity index (χ0v) is 9.49. The lowest BCUT2D eigenvalue weighted by Gasteiger charge is -2.06. The number of aryl methyl sites for hydroxylation is 2. The van der Waals surface area contributed by atoms with Gasteiger partial charge in [-0.1, -0.05) is 0 Å². The molecule has 0 spiro atoms. The minimum atomic E-state index is 0.504. The Morgan fingerprint density at radius 3 is 2.73 bits per heavy atom. The molecule has 2 rings (SSSR count). The molecule has 0 aromatic carbocycles. The quantitative estimate of drug-likeness (QED) is 0.730. The molecule has 0 saturated heterocycles. The second kappa shape index (κ2) is 4.03. The highest BCUT2D eigenvalue weighted by Crippen LogP contribution is 2.13. The molecule has 0 bridgehead atoms. The van der Waals surface area contributed by atoms with Crippen molar-refractivity contribution in [3.05, 3.63) is 41.6 Å². The lowest BCUT2D eigenvalue weighted by atomic mass is 10.2. The average Bonchev–Trinajstić information content (AvgIpc) is 2.63. The summed E-state index contributed by atoms with van der Waals surface area (Å²) in [5.74, 6) is 2.30. The molecule has 78 valence electrons. The van der Waals surface area contributed by atoms with Crippen LogP contribution in [0.1, 0.15) is 17.1 Å². The van der Waals surface area contributed by atoms with Gasteiger partial charge in [-0.25, -0.2) is 9.97 Å². The largest absolute Gasteiger partial charge is 0.288 e. The Morgan fingerprint density at radius 2 is 2.13 bits per heavy atom. The van der Waals surface area contributed by atoms with Gasteiger partial charge in [-0.15, -0.1) is 11.6 Å². The molecule has 2 aromatic rings. The first kappa shape index (κ1) is 10.2. The maximum Gasteiger partial charge on any atom is 0.138 e. The van der Waals surface area contributed by atoms with E-state index in [2.05, 4.69) is 9.97 Å². The molecule has 0 amide bonds. The zero-order valence-electron chi connectivity index (χ0n) is 8.74. The van der Waals surface area contributed by atoms with Gasteiger partial charge in [0.25, 0.3) is 0 Å². The maximum atomic E-state index is 5.82. The molecule has 0 aliphatic rings. The zero-order chi connectivity index (χ0) is 10.8. The van der Waals surface area contributed by atoms with Gasteiger partial charge in [0, 0.05) is 24.0 Å². The number of rotatable bonds is 2. The third kappa shape index (κ3) is 2.02. The first-order valence-electron chi connectivity index (χ1n) is 4.74. The molecule has 0 radical (unpaired) electrons. The van der Waals surface area contributed by atoms with Gasteiger partial charge in [0.15, 0.2) is 0 Å². The summed E-state index contributed by atoms with van der Waals surface area (Å²) in [6.45, 7) is 3.91. The Kier molecular flexibility index (Phi) is 2.73. The average molecular weight is 222 g/mol. The Hall–Kier alpha value is -1.35. The number of hydrogen-bond donors (Lipinski definition) is 0. The van der Waals surface area contributed by atoms with Gasteiger partial charge >= 0.3 is 0 Å². The van der Waals surface area contributed by atoms with E-state index in [0.717, 1.165) is 22.9 Å². The fraction of sp³-hybridized carbons (Fsp3) is 0.273. The molecule has 0 unspecified atom stereocenters. The van der Waals surface area contributed by atoms with E-state index in [9.17, 15) is 0 Å². The molecule has 3 nitrogen and oxygen atoms in total. The van der Waals surface area contributed by atoms with Crippen LogP contribution in [0, 0.1) is 13.8 Å². The van der Waals surface area contributed by atoms with Crippen LogP contribution in [0.4, 0.5) is 0 Å². The normalized spacial score (nSPS) is 10.6. The van der Waals surface area contributed by atoms with E-state index >= 15 is 0 Å². The summed E-state index contributed by atoms with van der Waals surface area (Å²) in [6.07, 6.45) is 3.66. The van der Waals surface area contributed by atoms with E-state index in [4.69, 9.17) is 11.6 Å². The summed E-state index contributed by atoms with van der Waals surface area (Å²) in [7, 11) is 0. The Morgan fingerprint density at radius 1 is 1.33 bits per heavy atom. The van der Waals surface area contributed by atoms with Gasteiger partial charge in [-0.2, -0.15) is 0 Å². The standard InChI is InChI=1S/C11H12ClN3/c1-8-5-10(7-12)6-11(14-8)15-4-3-13-9(15)2/h3-6H,7H2,1-2H3. The van der Waals surface area contributed by atoms with Crippen LogP contribution in [0.5, 0.6) is 0 Å². The van der Waals surface area contributed by atoms with Crippen molar-refractivity contribution in [1.29, 1.82) is 0 Å². The monoisotopic (exact) mass is 221 g/mol. The van der Waals surface area contributed by atoms with E-state index in [1.807, 2.05) is 36.7 Å². The first-order chi connectivity index (χ1) is 7.20. The molecular weight excluding hydrogens is 210 g/mol. The van der Waals surface area contributed by atoms with Crippen molar-refractivity contribution in [1.82, 2.24) is 14.5 Å². The second-order valence-corrected chi connectivity index (χ2v) is 3.72. The predicted octanol–water partition coefficient (Wildman–Crippen LogP) is 2.62. The van der Waals surface area contributed by atoms with Gasteiger partial charge in [0.2, 0.25) is 0 Å². The van der Waals surface area contributed by atoms with Crippen LogP contribution in [0.3, 0.4) is 0 Å². The number of aromatic nitrogens is 3. The number of hydrogen-bond acceptors (Lipinski definition) is 2. The van der Waals surface area contributed by atoms with Crippen LogP contribution in [-0.2, 0) is 5.88 Å². The number of halogens is 1. The lowest BCUT2D eigenvalue weighted by molar-refractivity contribution is 0.918. The summed E-state index contributed by atoms with van der Waals surface area (Å²) < 4.78 is 1.95. The number of pyridine rings is 1. The van der Waals surface area contributed by atoms with Crippen molar-refractivity contribution >= 4 is 11.6 Å². The molecular formula is C11H12ClN3. The molecule has 4 heteroatoms. The first-order valence-corrected chi connectivity index (χ1v) is 5.28. The van der Waals surface area contributed by atoms with Crippen molar-refractivity contribution in [2.45, 2.75) is 19.7 Å². The smallest absolute Gasteiger partial charge is 0.138 e. The SMILES string of the molecule is Cc1cc(CCl)cc(-n2ccnc2C)n1. The van der Waals surface area contributed by atoms with Gasteiger partial charge in [0.05, 0.1) is 0 Å². The van der Waals surface area contributed by atoms with Crippen LogP contribution in [-0.4, -0.2) is 14.5 Å². The minimum Gasteiger partial charge on any atom is -0.288 e. The van der Waals surface area contributed by atoms with Crippen LogP contribution in [0.2, 0.25) is 0 Å². The van der Waals surface area contributed by atoms with Gasteiger partial charge in [0.1, 0.15) is 11.6 Å². The van der Waals surface area contributed by atoms with Gasteiger partial charge < -0.3 is 0 Å². The summed E-state index contributed by atoms with van der Waals surface area (Å²) in [6, 6.07) is 3.97. The predicted molar refractivity (Wildman–Crippen MR) is 60.4 cm³/mol. The Balaban J connectivity index is 2.53. The molecule has 0 fully saturated rings. The fourth-order valence-electron chi connectivity index (χ4n) is 1.54. The van der Waals surface area contributed by atoms with Crippen molar-refractivity contribution in [3.63, 3.8) is 0 Å². The molecule has 0 saturated carbocycles. The van der Waals surface area contributed by atoms with Crippen molar-refractivity contribution in [3.8, 4) is 5.82 Å². The van der Waals surface area contributed by atoms with Gasteiger partial charge in [-0.3, -0.25) is 4.57 Å². The summed E-state index contributed by atoms with van der Waals surface area (Å²) in [5, 5.41) is 0. The van der Waals surface area contributed by atoms with E-state index in [-0.39, 0.29) is 0 Å². The Bertz CT molecular complexity index is 476.